The number of nitrogens with two attached hydrogens (primary N) is 1. The Labute approximate surface area is 102 Å². The highest BCUT2D eigenvalue weighted by Gasteiger charge is 2.23. The minimum atomic E-state index is -0.325. The van der Waals surface area contributed by atoms with Crippen LogP contribution < -0.4 is 5.73 Å². The summed E-state index contributed by atoms with van der Waals surface area (Å²) in [5.74, 6) is 0. The van der Waals surface area contributed by atoms with E-state index in [9.17, 15) is 0 Å². The highest BCUT2D eigenvalue weighted by molar-refractivity contribution is 5.06. The molecule has 1 aliphatic rings. The molecule has 5 nitrogen and oxygen atoms in total. The zero-order valence-corrected chi connectivity index (χ0v) is 10.4. The number of rotatable bonds is 4. The first-order valence-electron chi connectivity index (χ1n) is 6.36. The molecular weight excluding hydrogens is 216 g/mol. The van der Waals surface area contributed by atoms with Crippen LogP contribution in [0, 0.1) is 0 Å². The number of imidazole rings is 1. The number of likely N-dealkylation sites (N-methyl/N-ethyl adjacent to an activating group) is 1. The maximum atomic E-state index is 9.15. The van der Waals surface area contributed by atoms with Gasteiger partial charge in [0.15, 0.2) is 0 Å². The lowest BCUT2D eigenvalue weighted by molar-refractivity contribution is 0.180. The van der Waals surface area contributed by atoms with Crippen molar-refractivity contribution in [3.8, 4) is 0 Å². The molecule has 0 radical (unpaired) electrons. The summed E-state index contributed by atoms with van der Waals surface area (Å²) in [5.41, 5.74) is 6.83. The Morgan fingerprint density at radius 3 is 3.18 bits per heavy atom. The minimum absolute atomic E-state index is 0.0318. The number of hydrogen-bond acceptors (Lipinski definition) is 4. The molecule has 0 aromatic carbocycles. The van der Waals surface area contributed by atoms with Gasteiger partial charge in [-0.25, -0.2) is 4.98 Å². The fraction of sp³-hybridized carbons (Fsp3) is 0.750. The van der Waals surface area contributed by atoms with Crippen LogP contribution in [-0.4, -0.2) is 45.8 Å². The molecule has 17 heavy (non-hydrogen) atoms. The van der Waals surface area contributed by atoms with Gasteiger partial charge in [-0.1, -0.05) is 6.92 Å². The third-order valence-corrected chi connectivity index (χ3v) is 3.59. The Kier molecular flexibility index (Phi) is 4.15. The van der Waals surface area contributed by atoms with Crippen LogP contribution in [0.3, 0.4) is 0 Å². The molecule has 2 atom stereocenters. The van der Waals surface area contributed by atoms with Gasteiger partial charge in [0.05, 0.1) is 24.7 Å². The van der Waals surface area contributed by atoms with Gasteiger partial charge >= 0.3 is 0 Å². The molecule has 0 aliphatic carbocycles. The third kappa shape index (κ3) is 2.68. The Morgan fingerprint density at radius 1 is 1.65 bits per heavy atom. The Bertz CT molecular complexity index is 352. The van der Waals surface area contributed by atoms with E-state index in [4.69, 9.17) is 10.8 Å². The maximum absolute atomic E-state index is 9.15. The van der Waals surface area contributed by atoms with Crippen LogP contribution in [0.1, 0.15) is 37.5 Å². The average Bonchev–Trinajstić information content (AvgIpc) is 2.87. The molecule has 0 spiro atoms. The summed E-state index contributed by atoms with van der Waals surface area (Å²) in [4.78, 5) is 6.62. The van der Waals surface area contributed by atoms with Gasteiger partial charge in [-0.2, -0.15) is 0 Å². The molecule has 96 valence electrons. The van der Waals surface area contributed by atoms with Gasteiger partial charge < -0.3 is 20.3 Å². The predicted molar refractivity (Wildman–Crippen MR) is 66.6 cm³/mol. The third-order valence-electron chi connectivity index (χ3n) is 3.59. The highest BCUT2D eigenvalue weighted by atomic mass is 16.3. The fourth-order valence-corrected chi connectivity index (χ4v) is 2.55. The normalized spacial score (nSPS) is 23.8. The highest BCUT2D eigenvalue weighted by Crippen LogP contribution is 2.24. The second-order valence-electron chi connectivity index (χ2n) is 4.70. The van der Waals surface area contributed by atoms with Crippen molar-refractivity contribution >= 4 is 0 Å². The number of hydrogen-bond donors (Lipinski definition) is 2. The van der Waals surface area contributed by atoms with Gasteiger partial charge in [-0.3, -0.25) is 0 Å². The van der Waals surface area contributed by atoms with Crippen molar-refractivity contribution in [2.24, 2.45) is 5.73 Å². The zero-order valence-electron chi connectivity index (χ0n) is 10.4. The largest absolute Gasteiger partial charge is 0.394 e. The van der Waals surface area contributed by atoms with Crippen LogP contribution in [0.2, 0.25) is 0 Å². The predicted octanol–water partition coefficient (Wildman–Crippen LogP) is 0.532. The number of likely N-dealkylation sites (tertiary alicyclic amines) is 1. The summed E-state index contributed by atoms with van der Waals surface area (Å²) >= 11 is 0. The summed E-state index contributed by atoms with van der Waals surface area (Å²) in [6.45, 7) is 5.49. The molecule has 0 amide bonds. The zero-order chi connectivity index (χ0) is 12.3. The first kappa shape index (κ1) is 12.5. The molecule has 2 unspecified atom stereocenters. The number of aromatic nitrogens is 2. The number of aliphatic hydroxyl groups is 1. The van der Waals surface area contributed by atoms with E-state index < -0.39 is 0 Å². The topological polar surface area (TPSA) is 67.3 Å². The van der Waals surface area contributed by atoms with E-state index >= 15 is 0 Å². The molecule has 1 saturated heterocycles. The smallest absolute Gasteiger partial charge is 0.0951 e. The molecule has 0 bridgehead atoms. The van der Waals surface area contributed by atoms with Crippen LogP contribution in [-0.2, 0) is 0 Å². The first-order chi connectivity index (χ1) is 8.26. The van der Waals surface area contributed by atoms with Gasteiger partial charge in [0.2, 0.25) is 0 Å². The van der Waals surface area contributed by atoms with E-state index in [1.165, 1.54) is 13.0 Å². The Morgan fingerprint density at radius 2 is 2.47 bits per heavy atom. The second kappa shape index (κ2) is 5.62. The van der Waals surface area contributed by atoms with Crippen molar-refractivity contribution in [1.82, 2.24) is 14.5 Å². The Balaban J connectivity index is 2.13. The van der Waals surface area contributed by atoms with Crippen LogP contribution in [0.5, 0.6) is 0 Å². The summed E-state index contributed by atoms with van der Waals surface area (Å²) in [6.07, 6.45) is 5.99. The molecule has 2 rings (SSSR count). The number of piperidine rings is 1. The van der Waals surface area contributed by atoms with E-state index in [2.05, 4.69) is 21.4 Å². The Hall–Kier alpha value is -0.910. The van der Waals surface area contributed by atoms with Gasteiger partial charge in [0.25, 0.3) is 0 Å². The van der Waals surface area contributed by atoms with E-state index in [1.54, 1.807) is 6.20 Å². The molecule has 1 aliphatic heterocycles. The van der Waals surface area contributed by atoms with E-state index in [0.717, 1.165) is 25.2 Å². The second-order valence-corrected chi connectivity index (χ2v) is 4.70. The summed E-state index contributed by atoms with van der Waals surface area (Å²) in [6, 6.07) is 0.119. The molecule has 1 fully saturated rings. The fourth-order valence-electron chi connectivity index (χ4n) is 2.55. The summed E-state index contributed by atoms with van der Waals surface area (Å²) in [7, 11) is 0. The molecular formula is C12H22N4O. The van der Waals surface area contributed by atoms with Crippen molar-refractivity contribution in [1.29, 1.82) is 0 Å². The van der Waals surface area contributed by atoms with Crippen LogP contribution in [0.15, 0.2) is 12.5 Å². The van der Waals surface area contributed by atoms with Crippen LogP contribution in [0.4, 0.5) is 0 Å². The molecule has 3 N–H and O–H groups in total. The van der Waals surface area contributed by atoms with Crippen molar-refractivity contribution in [3.05, 3.63) is 18.2 Å². The molecule has 5 heteroatoms. The monoisotopic (exact) mass is 238 g/mol. The van der Waals surface area contributed by atoms with Crippen LogP contribution in [0.25, 0.3) is 0 Å². The SMILES string of the molecule is CCN1CCCC(n2cncc2C(N)CO)C1. The average molecular weight is 238 g/mol. The standard InChI is InChI=1S/C12H22N4O/c1-2-15-5-3-4-10(7-15)16-9-14-6-12(16)11(13)8-17/h6,9-11,17H,2-5,7-8,13H2,1H3. The van der Waals surface area contributed by atoms with Crippen molar-refractivity contribution in [2.75, 3.05) is 26.2 Å². The molecule has 1 aromatic heterocycles. The van der Waals surface area contributed by atoms with E-state index in [0.29, 0.717) is 6.04 Å². The van der Waals surface area contributed by atoms with E-state index in [-0.39, 0.29) is 12.6 Å². The van der Waals surface area contributed by atoms with Gasteiger partial charge in [-0.15, -0.1) is 0 Å². The first-order valence-corrected chi connectivity index (χ1v) is 6.36. The van der Waals surface area contributed by atoms with Crippen molar-refractivity contribution in [2.45, 2.75) is 31.8 Å². The van der Waals surface area contributed by atoms with Gasteiger partial charge in [0.1, 0.15) is 0 Å². The van der Waals surface area contributed by atoms with Gasteiger partial charge in [0, 0.05) is 18.8 Å². The molecule has 2 heterocycles. The maximum Gasteiger partial charge on any atom is 0.0951 e. The van der Waals surface area contributed by atoms with Crippen molar-refractivity contribution in [3.63, 3.8) is 0 Å². The lowest BCUT2D eigenvalue weighted by Gasteiger charge is -2.33. The van der Waals surface area contributed by atoms with Crippen LogP contribution >= 0.6 is 0 Å². The number of aliphatic hydroxyl groups excluding tert-OH is 1. The van der Waals surface area contributed by atoms with Crippen molar-refractivity contribution < 1.29 is 5.11 Å². The number of nitrogens with zero attached hydrogens (tertiary/aromatic N) is 3. The molecule has 1 aromatic rings. The summed E-state index contributed by atoms with van der Waals surface area (Å²) in [5, 5.41) is 9.15. The lowest BCUT2D eigenvalue weighted by atomic mass is 10.0. The lowest BCUT2D eigenvalue weighted by Crippen LogP contribution is -2.37. The minimum Gasteiger partial charge on any atom is -0.394 e. The van der Waals surface area contributed by atoms with E-state index in [1.807, 2.05) is 6.33 Å². The quantitative estimate of drug-likeness (QED) is 0.803. The van der Waals surface area contributed by atoms with Gasteiger partial charge in [-0.05, 0) is 25.9 Å². The molecule has 0 saturated carbocycles. The summed E-state index contributed by atoms with van der Waals surface area (Å²) < 4.78 is 2.14.